The maximum absolute atomic E-state index is 13.6. The van der Waals surface area contributed by atoms with Gasteiger partial charge in [-0.15, -0.1) is 0 Å². The molecule has 1 unspecified atom stereocenters. The molecule has 1 aliphatic heterocycles. The lowest BCUT2D eigenvalue weighted by Crippen LogP contribution is -2.37. The van der Waals surface area contributed by atoms with Crippen molar-refractivity contribution in [3.05, 3.63) is 42.0 Å². The molecule has 8 heteroatoms. The van der Waals surface area contributed by atoms with Crippen LogP contribution in [0.3, 0.4) is 0 Å². The number of anilines is 1. The molecule has 1 aliphatic rings. The summed E-state index contributed by atoms with van der Waals surface area (Å²) in [6.07, 6.45) is 1.91. The van der Waals surface area contributed by atoms with Crippen LogP contribution in [0.1, 0.15) is 30.1 Å². The van der Waals surface area contributed by atoms with Crippen LogP contribution in [-0.4, -0.2) is 51.0 Å². The normalized spacial score (nSPS) is 15.8. The Labute approximate surface area is 185 Å². The van der Waals surface area contributed by atoms with E-state index in [4.69, 9.17) is 23.9 Å². The first-order valence-electron chi connectivity index (χ1n) is 10.3. The molecule has 31 heavy (non-hydrogen) atoms. The number of ether oxygens (including phenoxy) is 4. The number of amides is 1. The van der Waals surface area contributed by atoms with Crippen molar-refractivity contribution < 1.29 is 23.7 Å². The summed E-state index contributed by atoms with van der Waals surface area (Å²) in [5, 5.41) is 0.630. The molecule has 1 atom stereocenters. The van der Waals surface area contributed by atoms with E-state index < -0.39 is 0 Å². The Balaban J connectivity index is 1.72. The van der Waals surface area contributed by atoms with E-state index >= 15 is 0 Å². The van der Waals surface area contributed by atoms with Crippen molar-refractivity contribution in [2.24, 2.45) is 0 Å². The Morgan fingerprint density at radius 1 is 1.16 bits per heavy atom. The van der Waals surface area contributed by atoms with Crippen molar-refractivity contribution >= 4 is 32.6 Å². The molecule has 0 saturated carbocycles. The first-order valence-corrected chi connectivity index (χ1v) is 11.1. The number of rotatable bonds is 8. The van der Waals surface area contributed by atoms with Crippen LogP contribution < -0.4 is 19.1 Å². The van der Waals surface area contributed by atoms with Gasteiger partial charge in [0.25, 0.3) is 5.91 Å². The third-order valence-electron chi connectivity index (χ3n) is 5.14. The third kappa shape index (κ3) is 4.75. The molecule has 1 fully saturated rings. The van der Waals surface area contributed by atoms with E-state index in [1.54, 1.807) is 37.3 Å². The van der Waals surface area contributed by atoms with Gasteiger partial charge in [-0.05, 0) is 50.1 Å². The van der Waals surface area contributed by atoms with E-state index in [0.717, 1.165) is 35.4 Å². The Morgan fingerprint density at radius 3 is 2.58 bits per heavy atom. The van der Waals surface area contributed by atoms with E-state index in [1.165, 1.54) is 11.3 Å². The van der Waals surface area contributed by atoms with E-state index in [9.17, 15) is 4.79 Å². The van der Waals surface area contributed by atoms with Crippen molar-refractivity contribution in [3.8, 4) is 17.2 Å². The zero-order valence-electron chi connectivity index (χ0n) is 17.9. The highest BCUT2D eigenvalue weighted by Crippen LogP contribution is 2.34. The molecule has 1 aromatic heterocycles. The summed E-state index contributed by atoms with van der Waals surface area (Å²) in [6, 6.07) is 11.0. The van der Waals surface area contributed by atoms with Crippen molar-refractivity contribution in [1.29, 1.82) is 0 Å². The van der Waals surface area contributed by atoms with E-state index in [1.807, 2.05) is 25.1 Å². The summed E-state index contributed by atoms with van der Waals surface area (Å²) in [5.41, 5.74) is 1.31. The number of thiazole rings is 1. The number of hydrogen-bond acceptors (Lipinski definition) is 7. The summed E-state index contributed by atoms with van der Waals surface area (Å²) in [5.74, 6) is 1.74. The van der Waals surface area contributed by atoms with Gasteiger partial charge in [0.15, 0.2) is 5.13 Å². The van der Waals surface area contributed by atoms with Crippen LogP contribution >= 0.6 is 11.3 Å². The molecular weight excluding hydrogens is 416 g/mol. The van der Waals surface area contributed by atoms with Gasteiger partial charge in [0.1, 0.15) is 17.2 Å². The van der Waals surface area contributed by atoms with Gasteiger partial charge in [0, 0.05) is 18.2 Å². The smallest absolute Gasteiger partial charge is 0.260 e. The first-order chi connectivity index (χ1) is 15.1. The summed E-state index contributed by atoms with van der Waals surface area (Å²) < 4.78 is 23.1. The van der Waals surface area contributed by atoms with Gasteiger partial charge in [0.05, 0.1) is 43.7 Å². The van der Waals surface area contributed by atoms with Crippen LogP contribution in [0.2, 0.25) is 0 Å². The number of fused-ring (bicyclic) bond motifs is 1. The van der Waals surface area contributed by atoms with Crippen LogP contribution in [0.4, 0.5) is 5.13 Å². The first kappa shape index (κ1) is 21.4. The Morgan fingerprint density at radius 2 is 1.94 bits per heavy atom. The van der Waals surface area contributed by atoms with Crippen molar-refractivity contribution in [1.82, 2.24) is 4.98 Å². The summed E-state index contributed by atoms with van der Waals surface area (Å²) >= 11 is 1.47. The summed E-state index contributed by atoms with van der Waals surface area (Å²) in [6.45, 7) is 3.71. The van der Waals surface area contributed by atoms with Gasteiger partial charge in [-0.2, -0.15) is 0 Å². The zero-order chi connectivity index (χ0) is 21.8. The molecule has 0 aliphatic carbocycles. The van der Waals surface area contributed by atoms with Gasteiger partial charge in [-0.1, -0.05) is 11.3 Å². The minimum absolute atomic E-state index is 0.0116. The third-order valence-corrected chi connectivity index (χ3v) is 6.19. The average Bonchev–Trinajstić information content (AvgIpc) is 3.46. The molecule has 0 N–H and O–H groups in total. The zero-order valence-corrected chi connectivity index (χ0v) is 18.7. The minimum atomic E-state index is -0.170. The topological polar surface area (TPSA) is 70.1 Å². The molecule has 2 aromatic carbocycles. The SMILES string of the molecule is CCOc1ccc2nc(N(CC3CCCO3)C(=O)c3cc(OC)cc(OC)c3)sc2c1. The summed E-state index contributed by atoms with van der Waals surface area (Å²) in [7, 11) is 3.13. The fourth-order valence-electron chi connectivity index (χ4n) is 3.59. The largest absolute Gasteiger partial charge is 0.497 e. The quantitative estimate of drug-likeness (QED) is 0.510. The number of methoxy groups -OCH3 is 2. The van der Waals surface area contributed by atoms with Crippen molar-refractivity contribution in [2.75, 3.05) is 38.9 Å². The number of aromatic nitrogens is 1. The van der Waals surface area contributed by atoms with Gasteiger partial charge >= 0.3 is 0 Å². The van der Waals surface area contributed by atoms with Crippen LogP contribution in [0.25, 0.3) is 10.2 Å². The number of hydrogen-bond donors (Lipinski definition) is 0. The predicted octanol–water partition coefficient (Wildman–Crippen LogP) is 4.54. The maximum Gasteiger partial charge on any atom is 0.260 e. The number of carbonyl (C=O) groups excluding carboxylic acids is 1. The molecule has 2 heterocycles. The van der Waals surface area contributed by atoms with Gasteiger partial charge in [-0.3, -0.25) is 9.69 Å². The number of carbonyl (C=O) groups is 1. The van der Waals surface area contributed by atoms with E-state index in [2.05, 4.69) is 0 Å². The highest BCUT2D eigenvalue weighted by molar-refractivity contribution is 7.22. The second-order valence-electron chi connectivity index (χ2n) is 7.21. The Hall–Kier alpha value is -2.84. The van der Waals surface area contributed by atoms with Crippen molar-refractivity contribution in [2.45, 2.75) is 25.9 Å². The molecule has 4 rings (SSSR count). The highest BCUT2D eigenvalue weighted by Gasteiger charge is 2.27. The lowest BCUT2D eigenvalue weighted by Gasteiger charge is -2.23. The fourth-order valence-corrected chi connectivity index (χ4v) is 4.59. The molecule has 0 radical (unpaired) electrons. The molecule has 1 saturated heterocycles. The second kappa shape index (κ2) is 9.53. The van der Waals surface area contributed by atoms with Crippen LogP contribution in [-0.2, 0) is 4.74 Å². The van der Waals surface area contributed by atoms with Gasteiger partial charge in [0.2, 0.25) is 0 Å². The van der Waals surface area contributed by atoms with Gasteiger partial charge in [-0.25, -0.2) is 4.98 Å². The number of nitrogens with zero attached hydrogens (tertiary/aromatic N) is 2. The fraction of sp³-hybridized carbons (Fsp3) is 0.391. The standard InChI is InChI=1S/C23H26N2O5S/c1-4-29-16-7-8-20-21(13-16)31-23(24-20)25(14-17-6-5-9-30-17)22(26)15-10-18(27-2)12-19(11-15)28-3/h7-8,10-13,17H,4-6,9,14H2,1-3H3. The van der Waals surface area contributed by atoms with E-state index in [0.29, 0.717) is 35.3 Å². The molecule has 3 aromatic rings. The Bertz CT molecular complexity index is 1040. The molecular formula is C23H26N2O5S. The summed E-state index contributed by atoms with van der Waals surface area (Å²) in [4.78, 5) is 20.1. The monoisotopic (exact) mass is 442 g/mol. The van der Waals surface area contributed by atoms with Crippen LogP contribution in [0.5, 0.6) is 17.2 Å². The molecule has 7 nitrogen and oxygen atoms in total. The average molecular weight is 443 g/mol. The lowest BCUT2D eigenvalue weighted by molar-refractivity contribution is 0.0917. The predicted molar refractivity (Wildman–Crippen MR) is 121 cm³/mol. The van der Waals surface area contributed by atoms with Gasteiger partial charge < -0.3 is 18.9 Å². The highest BCUT2D eigenvalue weighted by atomic mass is 32.1. The lowest BCUT2D eigenvalue weighted by atomic mass is 10.1. The van der Waals surface area contributed by atoms with E-state index in [-0.39, 0.29) is 12.0 Å². The Kier molecular flexibility index (Phi) is 6.58. The molecule has 0 spiro atoms. The number of benzene rings is 2. The molecule has 0 bridgehead atoms. The molecule has 164 valence electrons. The second-order valence-corrected chi connectivity index (χ2v) is 8.22. The maximum atomic E-state index is 13.6. The minimum Gasteiger partial charge on any atom is -0.497 e. The molecule has 1 amide bonds. The van der Waals surface area contributed by atoms with Crippen LogP contribution in [0.15, 0.2) is 36.4 Å². The van der Waals surface area contributed by atoms with Crippen LogP contribution in [0, 0.1) is 0 Å². The van der Waals surface area contributed by atoms with Crippen molar-refractivity contribution in [3.63, 3.8) is 0 Å².